The van der Waals surface area contributed by atoms with Gasteiger partial charge in [-0.05, 0) is 58.3 Å². The molecule has 0 spiro atoms. The molecule has 3 rings (SSSR count). The minimum Gasteiger partial charge on any atom is -0.490 e. The maximum absolute atomic E-state index is 12.0. The summed E-state index contributed by atoms with van der Waals surface area (Å²) in [5.74, 6) is 1.18. The molecule has 0 saturated heterocycles. The lowest BCUT2D eigenvalue weighted by Crippen LogP contribution is -2.19. The number of amides is 1. The summed E-state index contributed by atoms with van der Waals surface area (Å²) in [6.07, 6.45) is 1.89. The lowest BCUT2D eigenvalue weighted by atomic mass is 10.1. The van der Waals surface area contributed by atoms with Gasteiger partial charge < -0.3 is 9.47 Å². The number of nitrogens with zero attached hydrogens (tertiary/aromatic N) is 1. The Morgan fingerprint density at radius 1 is 1.00 bits per heavy atom. The van der Waals surface area contributed by atoms with Gasteiger partial charge in [-0.2, -0.15) is 5.10 Å². The Morgan fingerprint density at radius 2 is 1.67 bits per heavy atom. The SMILES string of the molecule is CCOc1cc(/C=N\NC(=O)Cc2ccccc2)cc(I)c1OCc1ccccc1. The molecule has 0 fully saturated rings. The van der Waals surface area contributed by atoms with Crippen LogP contribution < -0.4 is 14.9 Å². The number of benzene rings is 3. The molecule has 0 aliphatic rings. The fourth-order valence-electron chi connectivity index (χ4n) is 2.79. The van der Waals surface area contributed by atoms with Crippen LogP contribution >= 0.6 is 22.6 Å². The molecule has 1 amide bonds. The van der Waals surface area contributed by atoms with Crippen LogP contribution in [0.1, 0.15) is 23.6 Å². The molecule has 0 radical (unpaired) electrons. The molecule has 30 heavy (non-hydrogen) atoms. The van der Waals surface area contributed by atoms with Gasteiger partial charge in [0.25, 0.3) is 0 Å². The molecule has 0 bridgehead atoms. The largest absolute Gasteiger partial charge is 0.490 e. The van der Waals surface area contributed by atoms with Crippen LogP contribution in [0, 0.1) is 3.57 Å². The lowest BCUT2D eigenvalue weighted by Gasteiger charge is -2.14. The number of nitrogens with one attached hydrogen (secondary N) is 1. The molecular weight excluding hydrogens is 491 g/mol. The van der Waals surface area contributed by atoms with Crippen LogP contribution in [0.25, 0.3) is 0 Å². The minimum absolute atomic E-state index is 0.167. The van der Waals surface area contributed by atoms with Gasteiger partial charge in [0.1, 0.15) is 6.61 Å². The first-order chi connectivity index (χ1) is 14.7. The van der Waals surface area contributed by atoms with Gasteiger partial charge in [0.05, 0.1) is 22.8 Å². The molecule has 0 aliphatic heterocycles. The number of halogens is 1. The summed E-state index contributed by atoms with van der Waals surface area (Å²) in [6, 6.07) is 23.3. The third-order valence-electron chi connectivity index (χ3n) is 4.17. The molecular formula is C24H23IN2O3. The molecule has 6 heteroatoms. The molecule has 154 valence electrons. The Labute approximate surface area is 190 Å². The molecule has 0 aromatic heterocycles. The molecule has 0 unspecified atom stereocenters. The molecule has 0 aliphatic carbocycles. The first kappa shape index (κ1) is 21.8. The molecule has 0 saturated carbocycles. The first-order valence-electron chi connectivity index (χ1n) is 9.64. The van der Waals surface area contributed by atoms with Crippen LogP contribution in [0.15, 0.2) is 77.9 Å². The Morgan fingerprint density at radius 3 is 2.33 bits per heavy atom. The van der Waals surface area contributed by atoms with Crippen molar-refractivity contribution in [2.24, 2.45) is 5.10 Å². The molecule has 0 heterocycles. The molecule has 3 aromatic carbocycles. The van der Waals surface area contributed by atoms with Crippen molar-refractivity contribution in [3.8, 4) is 11.5 Å². The van der Waals surface area contributed by atoms with Gasteiger partial charge >= 0.3 is 0 Å². The van der Waals surface area contributed by atoms with Crippen molar-refractivity contribution < 1.29 is 14.3 Å². The van der Waals surface area contributed by atoms with E-state index >= 15 is 0 Å². The highest BCUT2D eigenvalue weighted by Crippen LogP contribution is 2.34. The Hall–Kier alpha value is -2.87. The van der Waals surface area contributed by atoms with E-state index in [2.05, 4.69) is 33.1 Å². The van der Waals surface area contributed by atoms with Gasteiger partial charge in [-0.15, -0.1) is 0 Å². The van der Waals surface area contributed by atoms with Crippen molar-refractivity contribution in [2.45, 2.75) is 20.0 Å². The van der Waals surface area contributed by atoms with Crippen LogP contribution in [0.4, 0.5) is 0 Å². The summed E-state index contributed by atoms with van der Waals surface area (Å²) in [4.78, 5) is 12.0. The predicted octanol–water partition coefficient (Wildman–Crippen LogP) is 4.96. The maximum atomic E-state index is 12.0. The molecule has 5 nitrogen and oxygen atoms in total. The highest BCUT2D eigenvalue weighted by molar-refractivity contribution is 14.1. The fraction of sp³-hybridized carbons (Fsp3) is 0.167. The Bertz CT molecular complexity index is 992. The monoisotopic (exact) mass is 514 g/mol. The topological polar surface area (TPSA) is 59.9 Å². The van der Waals surface area contributed by atoms with Crippen LogP contribution in [-0.2, 0) is 17.8 Å². The van der Waals surface area contributed by atoms with Crippen LogP contribution in [0.3, 0.4) is 0 Å². The number of hydrogen-bond donors (Lipinski definition) is 1. The predicted molar refractivity (Wildman–Crippen MR) is 127 cm³/mol. The number of rotatable bonds is 9. The van der Waals surface area contributed by atoms with E-state index < -0.39 is 0 Å². The van der Waals surface area contributed by atoms with E-state index in [1.165, 1.54) is 0 Å². The second-order valence-electron chi connectivity index (χ2n) is 6.49. The fourth-order valence-corrected chi connectivity index (χ4v) is 3.58. The summed E-state index contributed by atoms with van der Waals surface area (Å²) in [7, 11) is 0. The number of carbonyl (C=O) groups is 1. The highest BCUT2D eigenvalue weighted by Gasteiger charge is 2.12. The molecule has 0 atom stereocenters. The number of hydrogen-bond acceptors (Lipinski definition) is 4. The van der Waals surface area contributed by atoms with E-state index in [4.69, 9.17) is 9.47 Å². The highest BCUT2D eigenvalue weighted by atomic mass is 127. The van der Waals surface area contributed by atoms with Crippen molar-refractivity contribution in [3.05, 3.63) is 93.1 Å². The molecule has 3 aromatic rings. The van der Waals surface area contributed by atoms with E-state index in [0.29, 0.717) is 24.7 Å². The van der Waals surface area contributed by atoms with Crippen molar-refractivity contribution in [3.63, 3.8) is 0 Å². The smallest absolute Gasteiger partial charge is 0.244 e. The summed E-state index contributed by atoms with van der Waals surface area (Å²) in [5, 5.41) is 4.08. The normalized spacial score (nSPS) is 10.7. The van der Waals surface area contributed by atoms with Crippen LogP contribution in [0.2, 0.25) is 0 Å². The van der Waals surface area contributed by atoms with Gasteiger partial charge in [0, 0.05) is 0 Å². The zero-order chi connectivity index (χ0) is 21.2. The van der Waals surface area contributed by atoms with E-state index in [-0.39, 0.29) is 12.3 Å². The van der Waals surface area contributed by atoms with Gasteiger partial charge in [-0.1, -0.05) is 60.7 Å². The quantitative estimate of drug-likeness (QED) is 0.250. The number of ether oxygens (including phenoxy) is 2. The third-order valence-corrected chi connectivity index (χ3v) is 4.97. The zero-order valence-corrected chi connectivity index (χ0v) is 18.8. The van der Waals surface area contributed by atoms with E-state index in [9.17, 15) is 4.79 Å². The van der Waals surface area contributed by atoms with E-state index in [1.54, 1.807) is 6.21 Å². The Balaban J connectivity index is 1.66. The standard InChI is InChI=1S/C24H23IN2O3/c1-2-29-22-14-20(16-26-27-23(28)15-18-9-5-3-6-10-18)13-21(25)24(22)30-17-19-11-7-4-8-12-19/h3-14,16H,2,15,17H2,1H3,(H,27,28)/b26-16-. The van der Waals surface area contributed by atoms with Gasteiger partial charge in [-0.3, -0.25) is 4.79 Å². The lowest BCUT2D eigenvalue weighted by molar-refractivity contribution is -0.120. The third kappa shape index (κ3) is 6.59. The van der Waals surface area contributed by atoms with Gasteiger partial charge in [0.2, 0.25) is 5.91 Å². The second-order valence-corrected chi connectivity index (χ2v) is 7.66. The summed E-state index contributed by atoms with van der Waals surface area (Å²) in [5.41, 5.74) is 5.41. The first-order valence-corrected chi connectivity index (χ1v) is 10.7. The summed E-state index contributed by atoms with van der Waals surface area (Å²) >= 11 is 2.22. The van der Waals surface area contributed by atoms with E-state index in [0.717, 1.165) is 20.3 Å². The Kier molecular flexibility index (Phi) is 8.26. The van der Waals surface area contributed by atoms with Crippen molar-refractivity contribution >= 4 is 34.7 Å². The molecule has 1 N–H and O–H groups in total. The van der Waals surface area contributed by atoms with Gasteiger partial charge in [-0.25, -0.2) is 5.43 Å². The average Bonchev–Trinajstić information content (AvgIpc) is 2.75. The number of hydrazone groups is 1. The van der Waals surface area contributed by atoms with Crippen molar-refractivity contribution in [1.29, 1.82) is 0 Å². The van der Waals surface area contributed by atoms with Crippen molar-refractivity contribution in [2.75, 3.05) is 6.61 Å². The van der Waals surface area contributed by atoms with Crippen molar-refractivity contribution in [1.82, 2.24) is 5.43 Å². The maximum Gasteiger partial charge on any atom is 0.244 e. The van der Waals surface area contributed by atoms with E-state index in [1.807, 2.05) is 79.7 Å². The second kappa shape index (κ2) is 11.3. The van der Waals surface area contributed by atoms with Gasteiger partial charge in [0.15, 0.2) is 11.5 Å². The summed E-state index contributed by atoms with van der Waals surface area (Å²) < 4.78 is 12.7. The van der Waals surface area contributed by atoms with Crippen LogP contribution in [0.5, 0.6) is 11.5 Å². The minimum atomic E-state index is -0.167. The van der Waals surface area contributed by atoms with Crippen LogP contribution in [-0.4, -0.2) is 18.7 Å². The zero-order valence-electron chi connectivity index (χ0n) is 16.7. The average molecular weight is 514 g/mol. The summed E-state index contributed by atoms with van der Waals surface area (Å²) in [6.45, 7) is 2.91. The number of carbonyl (C=O) groups excluding carboxylic acids is 1.